The van der Waals surface area contributed by atoms with Crippen molar-refractivity contribution in [2.24, 2.45) is 0 Å². The van der Waals surface area contributed by atoms with Crippen molar-refractivity contribution in [1.29, 1.82) is 0 Å². The van der Waals surface area contributed by atoms with Crippen molar-refractivity contribution in [3.05, 3.63) is 66.0 Å². The van der Waals surface area contributed by atoms with E-state index >= 15 is 0 Å². The summed E-state index contributed by atoms with van der Waals surface area (Å²) in [4.78, 5) is 0. The third-order valence-corrected chi connectivity index (χ3v) is 5.05. The van der Waals surface area contributed by atoms with Crippen molar-refractivity contribution in [3.8, 4) is 11.4 Å². The van der Waals surface area contributed by atoms with Gasteiger partial charge in [-0.25, -0.2) is 4.68 Å². The lowest BCUT2D eigenvalue weighted by molar-refractivity contribution is 0.303. The van der Waals surface area contributed by atoms with Crippen LogP contribution in [-0.2, 0) is 6.54 Å². The van der Waals surface area contributed by atoms with Gasteiger partial charge >= 0.3 is 0 Å². The highest BCUT2D eigenvalue weighted by molar-refractivity contribution is 5.43. The molecule has 140 valence electrons. The fraction of sp³-hybridized carbons (Fsp3) is 0.350. The lowest BCUT2D eigenvalue weighted by atomic mass is 9.92. The number of aromatic nitrogens is 4. The van der Waals surface area contributed by atoms with Gasteiger partial charge < -0.3 is 15.4 Å². The van der Waals surface area contributed by atoms with E-state index in [1.54, 1.807) is 18.1 Å². The largest absolute Gasteiger partial charge is 0.496 e. The number of tetrazole rings is 1. The van der Waals surface area contributed by atoms with Crippen molar-refractivity contribution in [2.45, 2.75) is 31.5 Å². The smallest absolute Gasteiger partial charge is 0.143 e. The van der Waals surface area contributed by atoms with Gasteiger partial charge in [-0.2, -0.15) is 0 Å². The molecular formula is C20H24N6O. The molecule has 2 unspecified atom stereocenters. The van der Waals surface area contributed by atoms with Crippen LogP contribution in [0.1, 0.15) is 30.0 Å². The Morgan fingerprint density at radius 2 is 2.11 bits per heavy atom. The Kier molecular flexibility index (Phi) is 5.41. The zero-order chi connectivity index (χ0) is 18.5. The Morgan fingerprint density at radius 1 is 1.22 bits per heavy atom. The third-order valence-electron chi connectivity index (χ3n) is 5.05. The van der Waals surface area contributed by atoms with E-state index in [4.69, 9.17) is 4.74 Å². The molecule has 1 saturated heterocycles. The fourth-order valence-electron chi connectivity index (χ4n) is 3.69. The number of nitrogens with one attached hydrogen (secondary N) is 2. The van der Waals surface area contributed by atoms with Gasteiger partial charge in [-0.15, -0.1) is 5.10 Å². The predicted octanol–water partition coefficient (Wildman–Crippen LogP) is 2.25. The number of hydrogen-bond donors (Lipinski definition) is 2. The molecule has 27 heavy (non-hydrogen) atoms. The van der Waals surface area contributed by atoms with Gasteiger partial charge in [-0.05, 0) is 53.6 Å². The van der Waals surface area contributed by atoms with Gasteiger partial charge in [-0.3, -0.25) is 0 Å². The van der Waals surface area contributed by atoms with Gasteiger partial charge in [0, 0.05) is 24.2 Å². The predicted molar refractivity (Wildman–Crippen MR) is 103 cm³/mol. The summed E-state index contributed by atoms with van der Waals surface area (Å²) < 4.78 is 7.20. The number of rotatable bonds is 6. The van der Waals surface area contributed by atoms with Gasteiger partial charge in [-0.1, -0.05) is 30.3 Å². The number of piperidine rings is 1. The van der Waals surface area contributed by atoms with E-state index in [2.05, 4.69) is 62.6 Å². The Bertz CT molecular complexity index is 852. The second-order valence-electron chi connectivity index (χ2n) is 6.72. The Hall–Kier alpha value is -2.77. The first-order valence-corrected chi connectivity index (χ1v) is 9.27. The van der Waals surface area contributed by atoms with E-state index in [0.29, 0.717) is 12.1 Å². The molecule has 2 atom stereocenters. The lowest BCUT2D eigenvalue weighted by Gasteiger charge is -2.34. The summed E-state index contributed by atoms with van der Waals surface area (Å²) in [5.74, 6) is 0.861. The maximum atomic E-state index is 5.55. The normalized spacial score (nSPS) is 19.7. The van der Waals surface area contributed by atoms with Crippen LogP contribution in [0.2, 0.25) is 0 Å². The summed E-state index contributed by atoms with van der Waals surface area (Å²) in [5, 5.41) is 18.8. The minimum absolute atomic E-state index is 0.314. The molecule has 0 radical (unpaired) electrons. The molecule has 1 aliphatic rings. The quantitative estimate of drug-likeness (QED) is 0.699. The van der Waals surface area contributed by atoms with Crippen LogP contribution in [0.5, 0.6) is 5.75 Å². The van der Waals surface area contributed by atoms with Crippen molar-refractivity contribution < 1.29 is 4.74 Å². The molecular weight excluding hydrogens is 340 g/mol. The van der Waals surface area contributed by atoms with Crippen molar-refractivity contribution >= 4 is 0 Å². The van der Waals surface area contributed by atoms with E-state index in [1.165, 1.54) is 12.0 Å². The molecule has 7 nitrogen and oxygen atoms in total. The van der Waals surface area contributed by atoms with E-state index in [0.717, 1.165) is 36.5 Å². The summed E-state index contributed by atoms with van der Waals surface area (Å²) in [6.45, 7) is 1.77. The average Bonchev–Trinajstić information content (AvgIpc) is 3.28. The molecule has 4 rings (SSSR count). The van der Waals surface area contributed by atoms with Gasteiger partial charge in [0.25, 0.3) is 0 Å². The Balaban J connectivity index is 1.52. The molecule has 1 aromatic heterocycles. The molecule has 7 heteroatoms. The zero-order valence-corrected chi connectivity index (χ0v) is 15.4. The summed E-state index contributed by atoms with van der Waals surface area (Å²) in [6.07, 6.45) is 3.90. The summed E-state index contributed by atoms with van der Waals surface area (Å²) in [6, 6.07) is 17.3. The van der Waals surface area contributed by atoms with Gasteiger partial charge in [0.05, 0.1) is 12.8 Å². The number of methoxy groups -OCH3 is 1. The van der Waals surface area contributed by atoms with E-state index in [1.807, 2.05) is 12.1 Å². The molecule has 0 bridgehead atoms. The first-order chi connectivity index (χ1) is 13.3. The second-order valence-corrected chi connectivity index (χ2v) is 6.72. The fourth-order valence-corrected chi connectivity index (χ4v) is 3.69. The molecule has 3 aromatic rings. The topological polar surface area (TPSA) is 76.9 Å². The van der Waals surface area contributed by atoms with Crippen molar-refractivity contribution in [2.75, 3.05) is 13.7 Å². The van der Waals surface area contributed by atoms with Crippen LogP contribution in [0, 0.1) is 0 Å². The molecule has 2 heterocycles. The highest BCUT2D eigenvalue weighted by atomic mass is 16.5. The summed E-state index contributed by atoms with van der Waals surface area (Å²) >= 11 is 0. The van der Waals surface area contributed by atoms with Crippen LogP contribution in [0.3, 0.4) is 0 Å². The van der Waals surface area contributed by atoms with Crippen LogP contribution in [0.4, 0.5) is 0 Å². The summed E-state index contributed by atoms with van der Waals surface area (Å²) in [7, 11) is 1.70. The first-order valence-electron chi connectivity index (χ1n) is 9.27. The van der Waals surface area contributed by atoms with E-state index in [9.17, 15) is 0 Å². The van der Waals surface area contributed by atoms with Gasteiger partial charge in [0.2, 0.25) is 0 Å². The second kappa shape index (κ2) is 8.28. The molecule has 0 spiro atoms. The standard InChI is InChI=1S/C20H24N6O/c1-27-19-10-9-17(26-14-23-24-25-26)12-16(19)13-22-18-8-5-11-21-20(18)15-6-3-2-4-7-15/h2-4,6-7,9-10,12,14,18,20-22H,5,8,11,13H2,1H3. The molecule has 0 saturated carbocycles. The van der Waals surface area contributed by atoms with Crippen LogP contribution >= 0.6 is 0 Å². The Labute approximate surface area is 158 Å². The van der Waals surface area contributed by atoms with Crippen LogP contribution in [-0.4, -0.2) is 39.9 Å². The number of ether oxygens (including phenoxy) is 1. The molecule has 0 amide bonds. The van der Waals surface area contributed by atoms with E-state index < -0.39 is 0 Å². The Morgan fingerprint density at radius 3 is 2.89 bits per heavy atom. The van der Waals surface area contributed by atoms with Crippen LogP contribution in [0.25, 0.3) is 5.69 Å². The van der Waals surface area contributed by atoms with Crippen LogP contribution in [0.15, 0.2) is 54.9 Å². The number of benzene rings is 2. The minimum atomic E-state index is 0.314. The summed E-state index contributed by atoms with van der Waals surface area (Å²) in [5.41, 5.74) is 3.32. The number of nitrogens with zero attached hydrogens (tertiary/aromatic N) is 4. The zero-order valence-electron chi connectivity index (χ0n) is 15.4. The highest BCUT2D eigenvalue weighted by Gasteiger charge is 2.25. The SMILES string of the molecule is COc1ccc(-n2cnnn2)cc1CNC1CCCNC1c1ccccc1. The molecule has 2 N–H and O–H groups in total. The third kappa shape index (κ3) is 3.99. The molecule has 0 aliphatic carbocycles. The monoisotopic (exact) mass is 364 g/mol. The van der Waals surface area contributed by atoms with Gasteiger partial charge in [0.15, 0.2) is 0 Å². The maximum Gasteiger partial charge on any atom is 0.143 e. The van der Waals surface area contributed by atoms with E-state index in [-0.39, 0.29) is 0 Å². The van der Waals surface area contributed by atoms with Crippen molar-refractivity contribution in [3.63, 3.8) is 0 Å². The lowest BCUT2D eigenvalue weighted by Crippen LogP contribution is -2.45. The van der Waals surface area contributed by atoms with Crippen LogP contribution < -0.4 is 15.4 Å². The maximum absolute atomic E-state index is 5.55. The number of hydrogen-bond acceptors (Lipinski definition) is 6. The average molecular weight is 364 g/mol. The molecule has 1 fully saturated rings. The molecule has 1 aliphatic heterocycles. The van der Waals surface area contributed by atoms with Gasteiger partial charge in [0.1, 0.15) is 12.1 Å². The van der Waals surface area contributed by atoms with Crippen molar-refractivity contribution in [1.82, 2.24) is 30.8 Å². The highest BCUT2D eigenvalue weighted by Crippen LogP contribution is 2.26. The first kappa shape index (κ1) is 17.6. The minimum Gasteiger partial charge on any atom is -0.496 e. The molecule has 2 aromatic carbocycles.